The predicted octanol–water partition coefficient (Wildman–Crippen LogP) is 3.60. The highest BCUT2D eigenvalue weighted by molar-refractivity contribution is 5.94. The van der Waals surface area contributed by atoms with Crippen molar-refractivity contribution in [1.82, 2.24) is 15.3 Å². The van der Waals surface area contributed by atoms with Crippen LogP contribution in [0.25, 0.3) is 0 Å². The van der Waals surface area contributed by atoms with Crippen molar-refractivity contribution in [2.24, 2.45) is 0 Å². The Bertz CT molecular complexity index is 1000. The van der Waals surface area contributed by atoms with Crippen molar-refractivity contribution in [3.63, 3.8) is 0 Å². The zero-order valence-corrected chi connectivity index (χ0v) is 17.6. The molecule has 0 atom stereocenters. The number of hydrogen-bond acceptors (Lipinski definition) is 6. The van der Waals surface area contributed by atoms with E-state index < -0.39 is 0 Å². The molecule has 1 aliphatic heterocycles. The molecular formula is C24H26N4O3. The van der Waals surface area contributed by atoms with Crippen LogP contribution in [0.15, 0.2) is 60.9 Å². The standard InChI is InChI=1S/C24H26N4O3/c1-2-18-3-5-19(6-4-18)17-27-23(29)20-7-9-21(10-8-20)31-24-22(25-11-12-26-24)28-13-15-30-16-14-28/h3-12H,2,13-17H2,1H3,(H,27,29). The summed E-state index contributed by atoms with van der Waals surface area (Å²) in [4.78, 5) is 23.3. The molecule has 0 spiro atoms. The number of amides is 1. The van der Waals surface area contributed by atoms with Crippen molar-refractivity contribution in [2.75, 3.05) is 31.2 Å². The number of anilines is 1. The lowest BCUT2D eigenvalue weighted by atomic mass is 10.1. The minimum absolute atomic E-state index is 0.125. The summed E-state index contributed by atoms with van der Waals surface area (Å²) in [6, 6.07) is 15.3. The van der Waals surface area contributed by atoms with Gasteiger partial charge >= 0.3 is 0 Å². The molecule has 0 bridgehead atoms. The van der Waals surface area contributed by atoms with Crippen molar-refractivity contribution in [3.05, 3.63) is 77.6 Å². The number of nitrogens with zero attached hydrogens (tertiary/aromatic N) is 3. The largest absolute Gasteiger partial charge is 0.436 e. The smallest absolute Gasteiger partial charge is 0.263 e. The van der Waals surface area contributed by atoms with Crippen LogP contribution < -0.4 is 15.0 Å². The molecule has 0 radical (unpaired) electrons. The molecule has 0 saturated carbocycles. The number of ether oxygens (including phenoxy) is 2. The van der Waals surface area contributed by atoms with E-state index in [1.807, 2.05) is 12.1 Å². The highest BCUT2D eigenvalue weighted by Crippen LogP contribution is 2.28. The number of hydrogen-bond donors (Lipinski definition) is 1. The van der Waals surface area contributed by atoms with Crippen molar-refractivity contribution in [1.29, 1.82) is 0 Å². The van der Waals surface area contributed by atoms with Gasteiger partial charge < -0.3 is 19.7 Å². The van der Waals surface area contributed by atoms with E-state index in [2.05, 4.69) is 39.2 Å². The van der Waals surface area contributed by atoms with Gasteiger partial charge in [-0.25, -0.2) is 9.97 Å². The molecule has 1 aliphatic rings. The van der Waals surface area contributed by atoms with Crippen LogP contribution in [-0.4, -0.2) is 42.2 Å². The molecule has 2 aromatic carbocycles. The SMILES string of the molecule is CCc1ccc(CNC(=O)c2ccc(Oc3nccnc3N3CCOCC3)cc2)cc1. The average Bonchev–Trinajstić information content (AvgIpc) is 2.84. The molecule has 7 heteroatoms. The van der Waals surface area contributed by atoms with E-state index in [0.717, 1.165) is 25.1 Å². The number of carbonyl (C=O) groups is 1. The van der Waals surface area contributed by atoms with Gasteiger partial charge in [-0.05, 0) is 41.8 Å². The first-order chi connectivity index (χ1) is 15.2. The summed E-state index contributed by atoms with van der Waals surface area (Å²) in [5.74, 6) is 1.61. The summed E-state index contributed by atoms with van der Waals surface area (Å²) in [7, 11) is 0. The number of rotatable bonds is 7. The van der Waals surface area contributed by atoms with Gasteiger partial charge in [0.2, 0.25) is 0 Å². The van der Waals surface area contributed by atoms with E-state index in [4.69, 9.17) is 9.47 Å². The van der Waals surface area contributed by atoms with Gasteiger partial charge in [0.15, 0.2) is 5.82 Å². The van der Waals surface area contributed by atoms with Crippen LogP contribution in [0.5, 0.6) is 11.6 Å². The van der Waals surface area contributed by atoms with Crippen molar-refractivity contribution >= 4 is 11.7 Å². The maximum atomic E-state index is 12.5. The Hall–Kier alpha value is -3.45. The quantitative estimate of drug-likeness (QED) is 0.632. The molecule has 3 aromatic rings. The molecule has 1 fully saturated rings. The van der Waals surface area contributed by atoms with Crippen LogP contribution in [0.3, 0.4) is 0 Å². The first kappa shape index (κ1) is 20.8. The van der Waals surface area contributed by atoms with Gasteiger partial charge in [-0.3, -0.25) is 4.79 Å². The molecule has 2 heterocycles. The van der Waals surface area contributed by atoms with Crippen LogP contribution in [0.2, 0.25) is 0 Å². The van der Waals surface area contributed by atoms with Crippen LogP contribution in [0.1, 0.15) is 28.4 Å². The first-order valence-corrected chi connectivity index (χ1v) is 10.5. The second-order valence-corrected chi connectivity index (χ2v) is 7.26. The van der Waals surface area contributed by atoms with Gasteiger partial charge in [0.05, 0.1) is 13.2 Å². The molecule has 0 aliphatic carbocycles. The zero-order chi connectivity index (χ0) is 21.5. The lowest BCUT2D eigenvalue weighted by Crippen LogP contribution is -2.37. The zero-order valence-electron chi connectivity index (χ0n) is 17.6. The highest BCUT2D eigenvalue weighted by Gasteiger charge is 2.18. The molecular weight excluding hydrogens is 392 g/mol. The van der Waals surface area contributed by atoms with Crippen molar-refractivity contribution < 1.29 is 14.3 Å². The Balaban J connectivity index is 1.37. The molecule has 1 saturated heterocycles. The summed E-state index contributed by atoms with van der Waals surface area (Å²) in [6.07, 6.45) is 4.26. The second kappa shape index (κ2) is 10.0. The average molecular weight is 418 g/mol. The molecule has 7 nitrogen and oxygen atoms in total. The highest BCUT2D eigenvalue weighted by atomic mass is 16.5. The minimum atomic E-state index is -0.125. The maximum absolute atomic E-state index is 12.5. The summed E-state index contributed by atoms with van der Waals surface area (Å²) >= 11 is 0. The Morgan fingerprint density at radius 1 is 1.00 bits per heavy atom. The van der Waals surface area contributed by atoms with Crippen molar-refractivity contribution in [3.8, 4) is 11.6 Å². The fourth-order valence-electron chi connectivity index (χ4n) is 3.35. The third-order valence-corrected chi connectivity index (χ3v) is 5.17. The van der Waals surface area contributed by atoms with Gasteiger partial charge in [-0.2, -0.15) is 0 Å². The molecule has 1 N–H and O–H groups in total. The van der Waals surface area contributed by atoms with E-state index in [9.17, 15) is 4.79 Å². The van der Waals surface area contributed by atoms with Gasteiger partial charge in [-0.15, -0.1) is 0 Å². The Kier molecular flexibility index (Phi) is 6.74. The van der Waals surface area contributed by atoms with Gasteiger partial charge in [0.1, 0.15) is 5.75 Å². The lowest BCUT2D eigenvalue weighted by molar-refractivity contribution is 0.0951. The molecule has 160 valence electrons. The number of benzene rings is 2. The number of aromatic nitrogens is 2. The van der Waals surface area contributed by atoms with Crippen LogP contribution in [0, 0.1) is 0 Å². The van der Waals surface area contributed by atoms with Gasteiger partial charge in [0.25, 0.3) is 11.8 Å². The second-order valence-electron chi connectivity index (χ2n) is 7.26. The number of nitrogens with one attached hydrogen (secondary N) is 1. The predicted molar refractivity (Wildman–Crippen MR) is 119 cm³/mol. The normalized spacial score (nSPS) is 13.6. The Morgan fingerprint density at radius 3 is 2.39 bits per heavy atom. The van der Waals surface area contributed by atoms with Crippen LogP contribution in [0.4, 0.5) is 5.82 Å². The third-order valence-electron chi connectivity index (χ3n) is 5.17. The summed E-state index contributed by atoms with van der Waals surface area (Å²) in [5.41, 5.74) is 2.93. The fourth-order valence-corrected chi connectivity index (χ4v) is 3.35. The van der Waals surface area contributed by atoms with Crippen LogP contribution >= 0.6 is 0 Å². The number of aryl methyl sites for hydroxylation is 1. The molecule has 0 unspecified atom stereocenters. The minimum Gasteiger partial charge on any atom is -0.436 e. The number of carbonyl (C=O) groups excluding carboxylic acids is 1. The Morgan fingerprint density at radius 2 is 1.68 bits per heavy atom. The van der Waals surface area contributed by atoms with E-state index in [0.29, 0.717) is 42.8 Å². The molecule has 31 heavy (non-hydrogen) atoms. The third kappa shape index (κ3) is 5.38. The van der Waals surface area contributed by atoms with E-state index in [-0.39, 0.29) is 5.91 Å². The van der Waals surface area contributed by atoms with Crippen LogP contribution in [-0.2, 0) is 17.7 Å². The van der Waals surface area contributed by atoms with E-state index in [1.165, 1.54) is 5.56 Å². The first-order valence-electron chi connectivity index (χ1n) is 10.5. The maximum Gasteiger partial charge on any atom is 0.263 e. The molecule has 4 rings (SSSR count). The van der Waals surface area contributed by atoms with Crippen molar-refractivity contribution in [2.45, 2.75) is 19.9 Å². The van der Waals surface area contributed by atoms with Gasteiger partial charge in [-0.1, -0.05) is 31.2 Å². The fraction of sp³-hybridized carbons (Fsp3) is 0.292. The lowest BCUT2D eigenvalue weighted by Gasteiger charge is -2.28. The summed E-state index contributed by atoms with van der Waals surface area (Å²) < 4.78 is 11.4. The van der Waals surface area contributed by atoms with E-state index in [1.54, 1.807) is 36.7 Å². The summed E-state index contributed by atoms with van der Waals surface area (Å²) in [6.45, 7) is 5.41. The Labute approximate surface area is 182 Å². The molecule has 1 aromatic heterocycles. The van der Waals surface area contributed by atoms with Gasteiger partial charge in [0, 0.05) is 37.6 Å². The monoisotopic (exact) mass is 418 g/mol. The topological polar surface area (TPSA) is 76.6 Å². The number of morpholine rings is 1. The summed E-state index contributed by atoms with van der Waals surface area (Å²) in [5, 5.41) is 2.95. The molecule has 1 amide bonds. The van der Waals surface area contributed by atoms with E-state index >= 15 is 0 Å².